The van der Waals surface area contributed by atoms with E-state index in [1.165, 1.54) is 0 Å². The third-order valence-corrected chi connectivity index (χ3v) is 17.8. The van der Waals surface area contributed by atoms with Gasteiger partial charge in [0.2, 0.25) is 0 Å². The summed E-state index contributed by atoms with van der Waals surface area (Å²) in [4.78, 5) is 23.5. The zero-order chi connectivity index (χ0) is 57.1. The van der Waals surface area contributed by atoms with Crippen LogP contribution in [0.25, 0.3) is 131 Å². The molecule has 8 heterocycles. The summed E-state index contributed by atoms with van der Waals surface area (Å²) in [6.45, 7) is 16.1. The molecule has 12 nitrogen and oxygen atoms in total. The summed E-state index contributed by atoms with van der Waals surface area (Å²) in [5.41, 5.74) is 16.1. The Hall–Kier alpha value is -12.6. The summed E-state index contributed by atoms with van der Waals surface area (Å²) >= 11 is 0. The van der Waals surface area contributed by atoms with Gasteiger partial charge < -0.3 is 23.0 Å². The number of benzene rings is 9. The Labute approximate surface area is 489 Å². The summed E-state index contributed by atoms with van der Waals surface area (Å²) in [6.07, 6.45) is 5.66. The Kier molecular flexibility index (Phi) is 9.42. The smallest absolute Gasteiger partial charge is 0.188 e. The molecule has 0 saturated carbocycles. The van der Waals surface area contributed by atoms with Crippen LogP contribution in [0, 0.1) is 35.8 Å². The van der Waals surface area contributed by atoms with Crippen LogP contribution in [0.5, 0.6) is 11.5 Å². The van der Waals surface area contributed by atoms with Gasteiger partial charge in [-0.15, -0.1) is 0 Å². The summed E-state index contributed by atoms with van der Waals surface area (Å²) in [7, 11) is 0. The van der Waals surface area contributed by atoms with Gasteiger partial charge in [-0.3, -0.25) is 9.97 Å². The van der Waals surface area contributed by atoms with E-state index in [1.54, 1.807) is 6.20 Å². The number of rotatable bonds is 4. The van der Waals surface area contributed by atoms with Crippen molar-refractivity contribution in [2.45, 2.75) is 5.41 Å². The fraction of sp³-hybridized carbons (Fsp3) is 0.0135. The van der Waals surface area contributed by atoms with Crippen LogP contribution in [0.1, 0.15) is 33.5 Å². The molecule has 0 fully saturated rings. The molecule has 0 saturated heterocycles. The number of ether oxygens (including phenoxy) is 1. The maximum absolute atomic E-state index is 10.2. The lowest BCUT2D eigenvalue weighted by molar-refractivity contribution is 0.433. The standard InChI is InChI=1S/C74H37N11O/c1-77-43-26-29-65-53(32-43)49-14-4-8-20-61(49)83(65)47-36-59-71(81-40-47)70-58(35-46(39-80-70)82-60-19-7-3-13-48(60)52-31-42(37-75)25-28-64(52)82)74(59)56-17-11-23-67(84-62-21-9-5-15-50(62)54-33-44(78-2)27-30-66(54)84)72(56)86-73-57(74)18-12-24-68(73)85-63-22-10-6-16-51(63)55-34-45(38-76)79-41-69(55)85/h3-36,39-41H. The second kappa shape index (κ2) is 17.2. The molecule has 1 aliphatic heterocycles. The molecule has 16 aromatic rings. The van der Waals surface area contributed by atoms with Crippen LogP contribution in [-0.2, 0) is 5.41 Å². The van der Waals surface area contributed by atoms with E-state index >= 15 is 0 Å². The lowest BCUT2D eigenvalue weighted by Gasteiger charge is -2.40. The number of pyridine rings is 3. The third kappa shape index (κ3) is 6.07. The monoisotopic (exact) mass is 1100 g/mol. The fourth-order valence-electron chi connectivity index (χ4n) is 14.4. The molecule has 7 aromatic heterocycles. The lowest BCUT2D eigenvalue weighted by atomic mass is 9.66. The van der Waals surface area contributed by atoms with Crippen molar-refractivity contribution in [3.63, 3.8) is 0 Å². The Balaban J connectivity index is 1.02. The second-order valence-corrected chi connectivity index (χ2v) is 21.9. The normalized spacial score (nSPS) is 13.9. The summed E-state index contributed by atoms with van der Waals surface area (Å²) in [5, 5.41) is 28.1. The van der Waals surface area contributed by atoms with Crippen molar-refractivity contribution in [2.75, 3.05) is 0 Å². The molecule has 394 valence electrons. The molecule has 1 aliphatic carbocycles. The van der Waals surface area contributed by atoms with E-state index in [2.05, 4.69) is 142 Å². The Morgan fingerprint density at radius 3 is 1.29 bits per heavy atom. The van der Waals surface area contributed by atoms with Crippen LogP contribution < -0.4 is 4.74 Å². The fourth-order valence-corrected chi connectivity index (χ4v) is 14.4. The maximum atomic E-state index is 10.2. The van der Waals surface area contributed by atoms with E-state index < -0.39 is 5.41 Å². The SMILES string of the molecule is [C-]#[N+]c1ccc2c(c1)c1ccccc1n2-c1cnc2c(c1)C1(c3cc(-n4c5ccccc5c5cc(C#N)ccc54)cnc3-2)c2cccc(-n3c4ccccc4c4cc([N+]#[C-])ccc43)c2Oc2c(-n3c4ccccc4c4cc(C#N)ncc43)cccc21. The first kappa shape index (κ1) is 47.1. The van der Waals surface area contributed by atoms with Crippen molar-refractivity contribution in [2.24, 2.45) is 0 Å². The molecule has 12 heteroatoms. The summed E-state index contributed by atoms with van der Waals surface area (Å²) < 4.78 is 16.9. The van der Waals surface area contributed by atoms with Crippen molar-refractivity contribution >= 4 is 98.6 Å². The number of hydrogen-bond acceptors (Lipinski definition) is 6. The van der Waals surface area contributed by atoms with Crippen LogP contribution in [0.2, 0.25) is 0 Å². The van der Waals surface area contributed by atoms with E-state index in [0.29, 0.717) is 45.5 Å². The molecular formula is C74H37N11O. The van der Waals surface area contributed by atoms with Gasteiger partial charge in [0.15, 0.2) is 22.9 Å². The molecule has 18 rings (SSSR count). The molecule has 0 amide bonds. The largest absolute Gasteiger partial charge is 0.452 e. The summed E-state index contributed by atoms with van der Waals surface area (Å²) in [5.74, 6) is 1.20. The Bertz CT molecular complexity index is 5600. The van der Waals surface area contributed by atoms with E-state index in [4.69, 9.17) is 27.8 Å². The van der Waals surface area contributed by atoms with Crippen LogP contribution in [0.15, 0.2) is 225 Å². The van der Waals surface area contributed by atoms with Gasteiger partial charge in [0.25, 0.3) is 0 Å². The minimum absolute atomic E-state index is 0.313. The molecule has 1 spiro atoms. The Morgan fingerprint density at radius 2 is 0.802 bits per heavy atom. The van der Waals surface area contributed by atoms with Crippen molar-refractivity contribution in [3.8, 4) is 57.8 Å². The highest BCUT2D eigenvalue weighted by Crippen LogP contribution is 2.64. The molecule has 9 aromatic carbocycles. The first-order valence-electron chi connectivity index (χ1n) is 28.0. The first-order valence-corrected chi connectivity index (χ1v) is 28.0. The van der Waals surface area contributed by atoms with E-state index in [1.807, 2.05) is 122 Å². The zero-order valence-electron chi connectivity index (χ0n) is 45.2. The maximum Gasteiger partial charge on any atom is 0.188 e. The van der Waals surface area contributed by atoms with Gasteiger partial charge in [0.1, 0.15) is 11.8 Å². The average Bonchev–Trinajstić information content (AvgIpc) is 1.49. The lowest BCUT2D eigenvalue weighted by Crippen LogP contribution is -2.33. The highest BCUT2D eigenvalue weighted by Gasteiger charge is 2.54. The van der Waals surface area contributed by atoms with Crippen molar-refractivity contribution in [1.29, 1.82) is 10.5 Å². The minimum Gasteiger partial charge on any atom is -0.452 e. The van der Waals surface area contributed by atoms with Gasteiger partial charge in [-0.05, 0) is 108 Å². The van der Waals surface area contributed by atoms with Gasteiger partial charge >= 0.3 is 0 Å². The number of fused-ring (bicyclic) bond motifs is 21. The summed E-state index contributed by atoms with van der Waals surface area (Å²) in [6, 6.07) is 74.6. The van der Waals surface area contributed by atoms with Crippen LogP contribution in [0.4, 0.5) is 11.4 Å². The molecule has 0 bridgehead atoms. The number of para-hydroxylation sites is 6. The van der Waals surface area contributed by atoms with Crippen molar-refractivity contribution in [3.05, 3.63) is 281 Å². The first-order chi connectivity index (χ1) is 42.5. The average molecular weight is 1100 g/mol. The Morgan fingerprint density at radius 1 is 0.372 bits per heavy atom. The van der Waals surface area contributed by atoms with Crippen LogP contribution in [-0.4, -0.2) is 33.2 Å². The van der Waals surface area contributed by atoms with Crippen LogP contribution in [0.3, 0.4) is 0 Å². The number of hydrogen-bond donors (Lipinski definition) is 0. The molecule has 1 unspecified atom stereocenters. The van der Waals surface area contributed by atoms with Crippen molar-refractivity contribution in [1.82, 2.24) is 33.2 Å². The highest BCUT2D eigenvalue weighted by atomic mass is 16.5. The van der Waals surface area contributed by atoms with Crippen molar-refractivity contribution < 1.29 is 4.74 Å². The minimum atomic E-state index is -1.23. The molecular weight excluding hydrogens is 1060 g/mol. The zero-order valence-corrected chi connectivity index (χ0v) is 45.2. The highest BCUT2D eigenvalue weighted by molar-refractivity contribution is 6.14. The van der Waals surface area contributed by atoms with E-state index in [9.17, 15) is 10.5 Å². The topological polar surface area (TPSA) is 124 Å². The number of aromatic nitrogens is 7. The molecule has 1 atom stereocenters. The predicted octanol–water partition coefficient (Wildman–Crippen LogP) is 17.6. The van der Waals surface area contributed by atoms with E-state index in [0.717, 1.165) is 132 Å². The molecule has 2 aliphatic rings. The predicted molar refractivity (Wildman–Crippen MR) is 337 cm³/mol. The van der Waals surface area contributed by atoms with Gasteiger partial charge in [-0.1, -0.05) is 109 Å². The molecule has 86 heavy (non-hydrogen) atoms. The van der Waals surface area contributed by atoms with E-state index in [-0.39, 0.29) is 0 Å². The van der Waals surface area contributed by atoms with Gasteiger partial charge in [0.05, 0.1) is 127 Å². The number of nitriles is 2. The second-order valence-electron chi connectivity index (χ2n) is 21.9. The quantitative estimate of drug-likeness (QED) is 0.162. The number of nitrogens with zero attached hydrogens (tertiary/aromatic N) is 11. The van der Waals surface area contributed by atoms with Gasteiger partial charge in [-0.2, -0.15) is 10.5 Å². The molecule has 0 N–H and O–H groups in total. The third-order valence-electron chi connectivity index (χ3n) is 17.8. The van der Waals surface area contributed by atoms with Gasteiger partial charge in [0, 0.05) is 54.6 Å². The van der Waals surface area contributed by atoms with Gasteiger partial charge in [-0.25, -0.2) is 14.7 Å². The molecule has 0 radical (unpaired) electrons. The van der Waals surface area contributed by atoms with Crippen LogP contribution >= 0.6 is 0 Å².